The molecule has 0 atom stereocenters. The molecule has 1 saturated carbocycles. The third-order valence-electron chi connectivity index (χ3n) is 3.55. The number of nitrogens with one attached hydrogen (secondary N) is 1. The van der Waals surface area contributed by atoms with Gasteiger partial charge in [0.25, 0.3) is 0 Å². The zero-order valence-corrected chi connectivity index (χ0v) is 12.5. The maximum absolute atomic E-state index is 13.8. The average molecular weight is 280 g/mol. The topological polar surface area (TPSA) is 24.5 Å². The van der Waals surface area contributed by atoms with Gasteiger partial charge in [0, 0.05) is 31.9 Å². The summed E-state index contributed by atoms with van der Waals surface area (Å²) in [6.45, 7) is 5.32. The monoisotopic (exact) mass is 280 g/mol. The van der Waals surface area contributed by atoms with Gasteiger partial charge >= 0.3 is 0 Å². The normalized spacial score (nSPS) is 14.6. The summed E-state index contributed by atoms with van der Waals surface area (Å²) in [6, 6.07) is 5.91. The van der Waals surface area contributed by atoms with Gasteiger partial charge in [-0.05, 0) is 49.6 Å². The fourth-order valence-electron chi connectivity index (χ4n) is 2.41. The van der Waals surface area contributed by atoms with Crippen molar-refractivity contribution < 1.29 is 9.13 Å². The molecule has 1 aromatic carbocycles. The molecule has 4 heteroatoms. The van der Waals surface area contributed by atoms with Crippen LogP contribution in [0.15, 0.2) is 18.2 Å². The van der Waals surface area contributed by atoms with Gasteiger partial charge in [-0.15, -0.1) is 0 Å². The molecule has 0 amide bonds. The molecule has 1 N–H and O–H groups in total. The van der Waals surface area contributed by atoms with E-state index in [1.807, 2.05) is 0 Å². The highest BCUT2D eigenvalue weighted by atomic mass is 19.1. The Labute approximate surface area is 121 Å². The molecule has 1 fully saturated rings. The minimum absolute atomic E-state index is 0.154. The first-order valence-electron chi connectivity index (χ1n) is 7.50. The first-order chi connectivity index (χ1) is 9.74. The third kappa shape index (κ3) is 4.46. The van der Waals surface area contributed by atoms with Gasteiger partial charge in [0.05, 0.1) is 6.61 Å². The van der Waals surface area contributed by atoms with Crippen molar-refractivity contribution in [1.82, 2.24) is 5.32 Å². The van der Waals surface area contributed by atoms with Gasteiger partial charge in [0.15, 0.2) is 0 Å². The van der Waals surface area contributed by atoms with Crippen LogP contribution in [0, 0.1) is 5.82 Å². The lowest BCUT2D eigenvalue weighted by Crippen LogP contribution is -2.29. The van der Waals surface area contributed by atoms with E-state index in [-0.39, 0.29) is 5.82 Å². The standard InChI is InChI=1S/C16H25FN2O/c1-3-6-18-12-13-9-14(17)11-16(10-13)19(7-8-20-2)15-4-5-15/h9-11,15,18H,3-8,12H2,1-2H3. The van der Waals surface area contributed by atoms with Crippen molar-refractivity contribution in [2.24, 2.45) is 0 Å². The average Bonchev–Trinajstić information content (AvgIpc) is 3.24. The van der Waals surface area contributed by atoms with E-state index in [4.69, 9.17) is 4.74 Å². The summed E-state index contributed by atoms with van der Waals surface area (Å²) in [5.74, 6) is -0.154. The minimum atomic E-state index is -0.154. The molecule has 0 aromatic heterocycles. The van der Waals surface area contributed by atoms with Gasteiger partial charge in [0.1, 0.15) is 5.82 Å². The van der Waals surface area contributed by atoms with Crippen LogP contribution < -0.4 is 10.2 Å². The van der Waals surface area contributed by atoms with Crippen molar-refractivity contribution in [2.75, 3.05) is 31.7 Å². The predicted molar refractivity (Wildman–Crippen MR) is 80.6 cm³/mol. The lowest BCUT2D eigenvalue weighted by atomic mass is 10.1. The van der Waals surface area contributed by atoms with Crippen molar-refractivity contribution in [3.05, 3.63) is 29.6 Å². The number of methoxy groups -OCH3 is 1. The Morgan fingerprint density at radius 1 is 1.35 bits per heavy atom. The van der Waals surface area contributed by atoms with E-state index in [1.54, 1.807) is 19.2 Å². The molecule has 20 heavy (non-hydrogen) atoms. The zero-order valence-electron chi connectivity index (χ0n) is 12.5. The fourth-order valence-corrected chi connectivity index (χ4v) is 2.41. The molecular weight excluding hydrogens is 255 g/mol. The minimum Gasteiger partial charge on any atom is -0.383 e. The summed E-state index contributed by atoms with van der Waals surface area (Å²) in [5.41, 5.74) is 1.99. The van der Waals surface area contributed by atoms with Crippen LogP contribution in [-0.4, -0.2) is 32.8 Å². The number of ether oxygens (including phenoxy) is 1. The summed E-state index contributed by atoms with van der Waals surface area (Å²) < 4.78 is 19.0. The van der Waals surface area contributed by atoms with Crippen LogP contribution in [0.3, 0.4) is 0 Å². The van der Waals surface area contributed by atoms with Crippen LogP contribution in [-0.2, 0) is 11.3 Å². The van der Waals surface area contributed by atoms with Gasteiger partial charge in [-0.3, -0.25) is 0 Å². The van der Waals surface area contributed by atoms with Gasteiger partial charge < -0.3 is 15.0 Å². The predicted octanol–water partition coefficient (Wildman–Crippen LogP) is 2.94. The van der Waals surface area contributed by atoms with Crippen LogP contribution in [0.1, 0.15) is 31.7 Å². The van der Waals surface area contributed by atoms with Crippen LogP contribution in [0.5, 0.6) is 0 Å². The van der Waals surface area contributed by atoms with Crippen molar-refractivity contribution >= 4 is 5.69 Å². The quantitative estimate of drug-likeness (QED) is 0.704. The molecule has 2 rings (SSSR count). The first-order valence-corrected chi connectivity index (χ1v) is 7.50. The van der Waals surface area contributed by atoms with Gasteiger partial charge in [-0.2, -0.15) is 0 Å². The van der Waals surface area contributed by atoms with E-state index >= 15 is 0 Å². The highest BCUT2D eigenvalue weighted by Gasteiger charge is 2.29. The molecule has 1 aromatic rings. The number of nitrogens with zero attached hydrogens (tertiary/aromatic N) is 1. The number of benzene rings is 1. The summed E-state index contributed by atoms with van der Waals surface area (Å²) in [5, 5.41) is 3.32. The van der Waals surface area contributed by atoms with Gasteiger partial charge in [-0.1, -0.05) is 6.92 Å². The van der Waals surface area contributed by atoms with Gasteiger partial charge in [-0.25, -0.2) is 4.39 Å². The zero-order chi connectivity index (χ0) is 14.4. The van der Waals surface area contributed by atoms with Crippen LogP contribution in [0.2, 0.25) is 0 Å². The highest BCUT2D eigenvalue weighted by Crippen LogP contribution is 2.32. The van der Waals surface area contributed by atoms with Crippen LogP contribution >= 0.6 is 0 Å². The van der Waals surface area contributed by atoms with Crippen LogP contribution in [0.25, 0.3) is 0 Å². The molecular formula is C16H25FN2O. The van der Waals surface area contributed by atoms with Crippen molar-refractivity contribution in [1.29, 1.82) is 0 Å². The van der Waals surface area contributed by atoms with E-state index in [1.165, 1.54) is 12.8 Å². The molecule has 0 unspecified atom stereocenters. The summed E-state index contributed by atoms with van der Waals surface area (Å²) in [6.07, 6.45) is 3.48. The molecule has 0 aliphatic heterocycles. The van der Waals surface area contributed by atoms with E-state index < -0.39 is 0 Å². The molecule has 0 radical (unpaired) electrons. The lowest BCUT2D eigenvalue weighted by Gasteiger charge is -2.25. The summed E-state index contributed by atoms with van der Waals surface area (Å²) in [7, 11) is 1.71. The molecule has 1 aliphatic carbocycles. The second kappa shape index (κ2) is 7.60. The summed E-state index contributed by atoms with van der Waals surface area (Å²) in [4.78, 5) is 2.27. The molecule has 3 nitrogen and oxygen atoms in total. The van der Waals surface area contributed by atoms with Gasteiger partial charge in [0.2, 0.25) is 0 Å². The Bertz CT molecular complexity index is 421. The maximum atomic E-state index is 13.8. The number of halogens is 1. The number of hydrogen-bond donors (Lipinski definition) is 1. The Morgan fingerprint density at radius 2 is 2.15 bits per heavy atom. The largest absolute Gasteiger partial charge is 0.383 e. The van der Waals surface area contributed by atoms with Crippen LogP contribution in [0.4, 0.5) is 10.1 Å². The second-order valence-electron chi connectivity index (χ2n) is 5.41. The Kier molecular flexibility index (Phi) is 5.80. The van der Waals surface area contributed by atoms with Crippen molar-refractivity contribution in [3.63, 3.8) is 0 Å². The van der Waals surface area contributed by atoms with Crippen molar-refractivity contribution in [2.45, 2.75) is 38.8 Å². The van der Waals surface area contributed by atoms with E-state index in [2.05, 4.69) is 23.2 Å². The molecule has 112 valence electrons. The molecule has 0 saturated heterocycles. The number of rotatable bonds is 9. The molecule has 1 aliphatic rings. The third-order valence-corrected chi connectivity index (χ3v) is 3.55. The second-order valence-corrected chi connectivity index (χ2v) is 5.41. The Balaban J connectivity index is 2.07. The molecule has 0 bridgehead atoms. The van der Waals surface area contributed by atoms with E-state index in [0.717, 1.165) is 37.3 Å². The lowest BCUT2D eigenvalue weighted by molar-refractivity contribution is 0.205. The smallest absolute Gasteiger partial charge is 0.125 e. The van der Waals surface area contributed by atoms with E-state index in [0.29, 0.717) is 12.6 Å². The van der Waals surface area contributed by atoms with Crippen molar-refractivity contribution in [3.8, 4) is 0 Å². The summed E-state index contributed by atoms with van der Waals surface area (Å²) >= 11 is 0. The maximum Gasteiger partial charge on any atom is 0.125 e. The fraction of sp³-hybridized carbons (Fsp3) is 0.625. The molecule has 0 spiro atoms. The Morgan fingerprint density at radius 3 is 2.80 bits per heavy atom. The highest BCUT2D eigenvalue weighted by molar-refractivity contribution is 5.51. The van der Waals surface area contributed by atoms with E-state index in [9.17, 15) is 4.39 Å². The number of hydrogen-bond acceptors (Lipinski definition) is 3. The number of anilines is 1. The Hall–Kier alpha value is -1.13. The molecule has 0 heterocycles. The SMILES string of the molecule is CCCNCc1cc(F)cc(N(CCOC)C2CC2)c1. The first kappa shape index (κ1) is 15.3.